The van der Waals surface area contributed by atoms with Gasteiger partial charge in [0.25, 0.3) is 0 Å². The number of amides is 2. The van der Waals surface area contributed by atoms with Crippen LogP contribution in [0.1, 0.15) is 12.8 Å². The summed E-state index contributed by atoms with van der Waals surface area (Å²) < 4.78 is 6.96. The van der Waals surface area contributed by atoms with Crippen molar-refractivity contribution < 1.29 is 14.3 Å². The fraction of sp³-hybridized carbons (Fsp3) is 0.389. The molecule has 7 heteroatoms. The maximum Gasteiger partial charge on any atom is 0.227 e. The molecule has 2 amide bonds. The monoisotopic (exact) mass is 342 g/mol. The summed E-state index contributed by atoms with van der Waals surface area (Å²) in [7, 11) is 1.60. The number of benzene rings is 1. The maximum absolute atomic E-state index is 12.3. The minimum absolute atomic E-state index is 0.0261. The molecule has 3 rings (SSSR count). The summed E-state index contributed by atoms with van der Waals surface area (Å²) >= 11 is 0. The van der Waals surface area contributed by atoms with Crippen molar-refractivity contribution in [1.82, 2.24) is 15.1 Å². The first kappa shape index (κ1) is 17.0. The second-order valence-corrected chi connectivity index (χ2v) is 6.02. The molecular weight excluding hydrogens is 320 g/mol. The van der Waals surface area contributed by atoms with Gasteiger partial charge in [-0.3, -0.25) is 14.3 Å². The van der Waals surface area contributed by atoms with E-state index >= 15 is 0 Å². The smallest absolute Gasteiger partial charge is 0.227 e. The van der Waals surface area contributed by atoms with E-state index in [1.54, 1.807) is 18.2 Å². The quantitative estimate of drug-likeness (QED) is 0.773. The van der Waals surface area contributed by atoms with Crippen LogP contribution in [0.3, 0.4) is 0 Å². The molecule has 0 saturated carbocycles. The van der Waals surface area contributed by atoms with Gasteiger partial charge in [0.15, 0.2) is 0 Å². The van der Waals surface area contributed by atoms with E-state index in [0.29, 0.717) is 13.1 Å². The zero-order valence-corrected chi connectivity index (χ0v) is 14.2. The highest BCUT2D eigenvalue weighted by Crippen LogP contribution is 2.26. The summed E-state index contributed by atoms with van der Waals surface area (Å²) in [5, 5.41) is 7.04. The number of aryl methyl sites for hydroxylation is 1. The molecule has 1 fully saturated rings. The molecule has 0 bridgehead atoms. The lowest BCUT2D eigenvalue weighted by Gasteiger charge is -2.17. The molecule has 1 aromatic heterocycles. The van der Waals surface area contributed by atoms with Gasteiger partial charge in [-0.15, -0.1) is 0 Å². The van der Waals surface area contributed by atoms with E-state index in [-0.39, 0.29) is 24.2 Å². The van der Waals surface area contributed by atoms with Crippen LogP contribution in [0.15, 0.2) is 42.7 Å². The van der Waals surface area contributed by atoms with Crippen LogP contribution < -0.4 is 15.0 Å². The number of carbonyl (C=O) groups excluding carboxylic acids is 2. The Hall–Kier alpha value is -2.83. The van der Waals surface area contributed by atoms with Crippen LogP contribution in [0, 0.1) is 5.92 Å². The first-order chi connectivity index (χ1) is 12.2. The fourth-order valence-electron chi connectivity index (χ4n) is 2.92. The number of nitrogens with one attached hydrogen (secondary N) is 1. The first-order valence-corrected chi connectivity index (χ1v) is 8.37. The van der Waals surface area contributed by atoms with Crippen LogP contribution >= 0.6 is 0 Å². The molecule has 0 aliphatic carbocycles. The Bertz CT molecular complexity index is 712. The van der Waals surface area contributed by atoms with Gasteiger partial charge in [0.1, 0.15) is 5.75 Å². The van der Waals surface area contributed by atoms with Crippen LogP contribution in [0.25, 0.3) is 0 Å². The van der Waals surface area contributed by atoms with Crippen LogP contribution in [0.2, 0.25) is 0 Å². The fourth-order valence-corrected chi connectivity index (χ4v) is 2.92. The molecule has 1 unspecified atom stereocenters. The molecule has 2 heterocycles. The largest absolute Gasteiger partial charge is 0.497 e. The number of anilines is 1. The van der Waals surface area contributed by atoms with Crippen LogP contribution in [0.4, 0.5) is 5.69 Å². The van der Waals surface area contributed by atoms with E-state index in [4.69, 9.17) is 4.74 Å². The number of methoxy groups -OCH3 is 1. The zero-order valence-electron chi connectivity index (χ0n) is 14.2. The van der Waals surface area contributed by atoms with Crippen molar-refractivity contribution >= 4 is 17.5 Å². The summed E-state index contributed by atoms with van der Waals surface area (Å²) in [6, 6.07) is 9.16. The number of carbonyl (C=O) groups is 2. The standard InChI is InChI=1S/C18H22N4O3/c1-25-16-6-4-15(5-7-16)22-13-14(12-17(22)23)18(24)19-8-2-10-21-11-3-9-20-21/h3-7,9,11,14H,2,8,10,12-13H2,1H3,(H,19,24). The third-order valence-corrected chi connectivity index (χ3v) is 4.30. The van der Waals surface area contributed by atoms with Gasteiger partial charge in [0.2, 0.25) is 11.8 Å². The van der Waals surface area contributed by atoms with Crippen molar-refractivity contribution in [2.75, 3.05) is 25.1 Å². The Balaban J connectivity index is 1.48. The Labute approximate surface area is 146 Å². The van der Waals surface area contributed by atoms with Gasteiger partial charge < -0.3 is 15.0 Å². The number of nitrogens with zero attached hydrogens (tertiary/aromatic N) is 3. The molecule has 1 saturated heterocycles. The molecule has 1 aliphatic rings. The first-order valence-electron chi connectivity index (χ1n) is 8.37. The molecule has 0 spiro atoms. The van der Waals surface area contributed by atoms with Gasteiger partial charge in [-0.1, -0.05) is 0 Å². The van der Waals surface area contributed by atoms with Crippen LogP contribution in [-0.4, -0.2) is 41.8 Å². The number of ether oxygens (including phenoxy) is 1. The van der Waals surface area contributed by atoms with Gasteiger partial charge in [0.05, 0.1) is 13.0 Å². The molecular formula is C18H22N4O3. The summed E-state index contributed by atoms with van der Waals surface area (Å²) in [6.07, 6.45) is 4.67. The molecule has 2 aromatic rings. The van der Waals surface area contributed by atoms with E-state index in [1.165, 1.54) is 0 Å². The van der Waals surface area contributed by atoms with E-state index in [9.17, 15) is 9.59 Å². The topological polar surface area (TPSA) is 76.5 Å². The van der Waals surface area contributed by atoms with Crippen molar-refractivity contribution in [3.8, 4) is 5.75 Å². The predicted molar refractivity (Wildman–Crippen MR) is 93.3 cm³/mol. The van der Waals surface area contributed by atoms with Crippen molar-refractivity contribution in [2.45, 2.75) is 19.4 Å². The van der Waals surface area contributed by atoms with E-state index in [0.717, 1.165) is 24.4 Å². The number of rotatable bonds is 7. The SMILES string of the molecule is COc1ccc(N2CC(C(=O)NCCCn3cccn3)CC2=O)cc1. The second-order valence-electron chi connectivity index (χ2n) is 6.02. The van der Waals surface area contributed by atoms with Gasteiger partial charge in [-0.25, -0.2) is 0 Å². The van der Waals surface area contributed by atoms with Crippen LogP contribution in [0.5, 0.6) is 5.75 Å². The average Bonchev–Trinajstić information content (AvgIpc) is 3.28. The van der Waals surface area contributed by atoms with Crippen molar-refractivity contribution in [1.29, 1.82) is 0 Å². The maximum atomic E-state index is 12.3. The molecule has 0 radical (unpaired) electrons. The van der Waals surface area contributed by atoms with Crippen molar-refractivity contribution in [2.24, 2.45) is 5.92 Å². The second kappa shape index (κ2) is 7.83. The van der Waals surface area contributed by atoms with Crippen molar-refractivity contribution in [3.05, 3.63) is 42.7 Å². The molecule has 1 aromatic carbocycles. The highest BCUT2D eigenvalue weighted by atomic mass is 16.5. The van der Waals surface area contributed by atoms with E-state index in [2.05, 4.69) is 10.4 Å². The molecule has 132 valence electrons. The van der Waals surface area contributed by atoms with Gasteiger partial charge >= 0.3 is 0 Å². The van der Waals surface area contributed by atoms with Gasteiger partial charge in [-0.05, 0) is 36.8 Å². The third kappa shape index (κ3) is 4.17. The lowest BCUT2D eigenvalue weighted by molar-refractivity contribution is -0.126. The van der Waals surface area contributed by atoms with Gasteiger partial charge in [0, 0.05) is 44.1 Å². The van der Waals surface area contributed by atoms with Gasteiger partial charge in [-0.2, -0.15) is 5.10 Å². The minimum atomic E-state index is -0.306. The third-order valence-electron chi connectivity index (χ3n) is 4.30. The highest BCUT2D eigenvalue weighted by Gasteiger charge is 2.34. The highest BCUT2D eigenvalue weighted by molar-refractivity contribution is 6.00. The average molecular weight is 342 g/mol. The summed E-state index contributed by atoms with van der Waals surface area (Å²) in [5.74, 6) is 0.341. The Kier molecular flexibility index (Phi) is 5.33. The summed E-state index contributed by atoms with van der Waals surface area (Å²) in [4.78, 5) is 26.2. The van der Waals surface area contributed by atoms with E-state index in [1.807, 2.05) is 41.2 Å². The number of aromatic nitrogens is 2. The lowest BCUT2D eigenvalue weighted by atomic mass is 10.1. The molecule has 1 atom stereocenters. The molecule has 1 aliphatic heterocycles. The number of hydrogen-bond acceptors (Lipinski definition) is 4. The Morgan fingerprint density at radius 2 is 2.16 bits per heavy atom. The normalized spacial score (nSPS) is 16.9. The summed E-state index contributed by atoms with van der Waals surface area (Å²) in [5.41, 5.74) is 0.791. The zero-order chi connectivity index (χ0) is 17.6. The minimum Gasteiger partial charge on any atom is -0.497 e. The molecule has 7 nitrogen and oxygen atoms in total. The summed E-state index contributed by atoms with van der Waals surface area (Å²) in [6.45, 7) is 1.75. The van der Waals surface area contributed by atoms with Crippen LogP contribution in [-0.2, 0) is 16.1 Å². The van der Waals surface area contributed by atoms with E-state index < -0.39 is 0 Å². The Morgan fingerprint density at radius 3 is 2.84 bits per heavy atom. The van der Waals surface area contributed by atoms with Crippen molar-refractivity contribution in [3.63, 3.8) is 0 Å². The molecule has 25 heavy (non-hydrogen) atoms. The number of hydrogen-bond donors (Lipinski definition) is 1. The predicted octanol–water partition coefficient (Wildman–Crippen LogP) is 1.45. The molecule has 1 N–H and O–H groups in total. The Morgan fingerprint density at radius 1 is 1.36 bits per heavy atom. The lowest BCUT2D eigenvalue weighted by Crippen LogP contribution is -2.33.